The van der Waals surface area contributed by atoms with Gasteiger partial charge < -0.3 is 9.80 Å². The average Bonchev–Trinajstić information content (AvgIpc) is 2.74. The van der Waals surface area contributed by atoms with Crippen LogP contribution in [0.1, 0.15) is 42.0 Å². The minimum Gasteiger partial charge on any atom is -0.331 e. The normalized spacial score (nSPS) is 29.4. The molecule has 0 N–H and O–H groups in total. The van der Waals surface area contributed by atoms with E-state index in [2.05, 4.69) is 64.4 Å². The van der Waals surface area contributed by atoms with Gasteiger partial charge in [0.2, 0.25) is 5.91 Å². The molecule has 2 aromatic carbocycles. The molecule has 2 bridgehead atoms. The molecule has 27 heavy (non-hydrogen) atoms. The molecule has 0 aromatic heterocycles. The molecule has 6 rings (SSSR count). The summed E-state index contributed by atoms with van der Waals surface area (Å²) in [6.07, 6.45) is 4.24. The first-order valence-corrected chi connectivity index (χ1v) is 10.4. The molecule has 0 saturated carbocycles. The highest BCUT2D eigenvalue weighted by atomic mass is 16.2. The third-order valence-corrected chi connectivity index (χ3v) is 6.95. The van der Waals surface area contributed by atoms with Crippen molar-refractivity contribution < 1.29 is 4.79 Å². The Kier molecular flexibility index (Phi) is 4.48. The van der Waals surface area contributed by atoms with E-state index in [4.69, 9.17) is 0 Å². The van der Waals surface area contributed by atoms with Crippen LogP contribution in [-0.2, 0) is 11.2 Å². The lowest BCUT2D eigenvalue weighted by molar-refractivity contribution is -0.136. The standard InChI is InChI=1S/C24H28N2O/c27-23(16-21-17-25-13-10-18(21)11-14-25)26-15-12-19-6-4-5-9-22(19)24(26)20-7-2-1-3-8-20/h1-9,18,21,24H,10-17H2/t21-,24-/m0/s1. The molecule has 0 radical (unpaired) electrons. The van der Waals surface area contributed by atoms with Crippen molar-refractivity contribution in [3.63, 3.8) is 0 Å². The molecule has 0 unspecified atom stereocenters. The highest BCUT2D eigenvalue weighted by Crippen LogP contribution is 2.38. The van der Waals surface area contributed by atoms with E-state index in [1.54, 1.807) is 0 Å². The smallest absolute Gasteiger partial charge is 0.223 e. The van der Waals surface area contributed by atoms with E-state index < -0.39 is 0 Å². The lowest BCUT2D eigenvalue weighted by Gasteiger charge is -2.46. The van der Waals surface area contributed by atoms with E-state index in [-0.39, 0.29) is 6.04 Å². The Morgan fingerprint density at radius 3 is 2.41 bits per heavy atom. The van der Waals surface area contributed by atoms with Crippen molar-refractivity contribution in [1.29, 1.82) is 0 Å². The fraction of sp³-hybridized carbons (Fsp3) is 0.458. The van der Waals surface area contributed by atoms with E-state index in [0.29, 0.717) is 18.2 Å². The SMILES string of the molecule is O=C(C[C@H]1CN2CCC1CC2)N1CCc2ccccc2[C@@H]1c1ccccc1. The van der Waals surface area contributed by atoms with E-state index >= 15 is 0 Å². The topological polar surface area (TPSA) is 23.6 Å². The maximum absolute atomic E-state index is 13.4. The van der Waals surface area contributed by atoms with Gasteiger partial charge in [-0.1, -0.05) is 54.6 Å². The van der Waals surface area contributed by atoms with Crippen LogP contribution in [0.4, 0.5) is 0 Å². The second kappa shape index (κ2) is 7.12. The number of nitrogens with zero attached hydrogens (tertiary/aromatic N) is 2. The molecule has 3 nitrogen and oxygen atoms in total. The maximum atomic E-state index is 13.4. The molecule has 1 amide bonds. The lowest BCUT2D eigenvalue weighted by atomic mass is 9.77. The first-order valence-electron chi connectivity index (χ1n) is 10.4. The second-order valence-corrected chi connectivity index (χ2v) is 8.45. The zero-order chi connectivity index (χ0) is 18.2. The number of piperidine rings is 3. The van der Waals surface area contributed by atoms with Crippen LogP contribution < -0.4 is 0 Å². The summed E-state index contributed by atoms with van der Waals surface area (Å²) in [5.74, 6) is 1.65. The summed E-state index contributed by atoms with van der Waals surface area (Å²) in [6, 6.07) is 19.3. The second-order valence-electron chi connectivity index (χ2n) is 8.45. The molecule has 3 saturated heterocycles. The van der Waals surface area contributed by atoms with Crippen LogP contribution >= 0.6 is 0 Å². The van der Waals surface area contributed by atoms with Gasteiger partial charge in [-0.05, 0) is 60.9 Å². The van der Waals surface area contributed by atoms with Gasteiger partial charge in [-0.25, -0.2) is 0 Å². The van der Waals surface area contributed by atoms with Gasteiger partial charge in [-0.3, -0.25) is 4.79 Å². The van der Waals surface area contributed by atoms with E-state index in [0.717, 1.165) is 25.4 Å². The molecule has 3 heteroatoms. The van der Waals surface area contributed by atoms with Gasteiger partial charge in [0.05, 0.1) is 6.04 Å². The molecule has 0 aliphatic carbocycles. The summed E-state index contributed by atoms with van der Waals surface area (Å²) < 4.78 is 0. The maximum Gasteiger partial charge on any atom is 0.223 e. The largest absolute Gasteiger partial charge is 0.331 e. The summed E-state index contributed by atoms with van der Waals surface area (Å²) in [4.78, 5) is 18.2. The number of carbonyl (C=O) groups excluding carboxylic acids is 1. The Bertz CT molecular complexity index is 810. The molecule has 140 valence electrons. The number of benzene rings is 2. The zero-order valence-corrected chi connectivity index (χ0v) is 15.9. The van der Waals surface area contributed by atoms with Crippen LogP contribution in [0.5, 0.6) is 0 Å². The Morgan fingerprint density at radius 2 is 1.67 bits per heavy atom. The monoisotopic (exact) mass is 360 g/mol. The first kappa shape index (κ1) is 17.0. The molecule has 4 aliphatic heterocycles. The number of amides is 1. The van der Waals surface area contributed by atoms with Crippen LogP contribution in [0.3, 0.4) is 0 Å². The average molecular weight is 361 g/mol. The molecule has 0 spiro atoms. The minimum absolute atomic E-state index is 0.0599. The van der Waals surface area contributed by atoms with Crippen molar-refractivity contribution in [2.75, 3.05) is 26.2 Å². The molecular weight excluding hydrogens is 332 g/mol. The van der Waals surface area contributed by atoms with Crippen molar-refractivity contribution in [2.24, 2.45) is 11.8 Å². The lowest BCUT2D eigenvalue weighted by Crippen LogP contribution is -2.49. The van der Waals surface area contributed by atoms with Crippen molar-refractivity contribution in [3.8, 4) is 0 Å². The number of fused-ring (bicyclic) bond motifs is 4. The fourth-order valence-electron chi connectivity index (χ4n) is 5.49. The van der Waals surface area contributed by atoms with Crippen LogP contribution in [-0.4, -0.2) is 41.9 Å². The number of rotatable bonds is 3. The van der Waals surface area contributed by atoms with Gasteiger partial charge in [-0.2, -0.15) is 0 Å². The van der Waals surface area contributed by atoms with Crippen LogP contribution in [0, 0.1) is 11.8 Å². The van der Waals surface area contributed by atoms with Gasteiger partial charge in [0.25, 0.3) is 0 Å². The molecular formula is C24H28N2O. The molecule has 3 fully saturated rings. The Balaban J connectivity index is 1.43. The van der Waals surface area contributed by atoms with Crippen molar-refractivity contribution in [2.45, 2.75) is 31.7 Å². The van der Waals surface area contributed by atoms with Gasteiger partial charge in [0.1, 0.15) is 0 Å². The van der Waals surface area contributed by atoms with Gasteiger partial charge in [-0.15, -0.1) is 0 Å². The first-order chi connectivity index (χ1) is 13.3. The third kappa shape index (κ3) is 3.19. The quantitative estimate of drug-likeness (QED) is 0.829. The fourth-order valence-corrected chi connectivity index (χ4v) is 5.49. The van der Waals surface area contributed by atoms with Gasteiger partial charge >= 0.3 is 0 Å². The highest BCUT2D eigenvalue weighted by Gasteiger charge is 2.38. The Hall–Kier alpha value is -2.13. The summed E-state index contributed by atoms with van der Waals surface area (Å²) in [5.41, 5.74) is 3.92. The molecule has 2 atom stereocenters. The van der Waals surface area contributed by atoms with E-state index in [9.17, 15) is 4.79 Å². The van der Waals surface area contributed by atoms with Crippen molar-refractivity contribution in [1.82, 2.24) is 9.80 Å². The molecule has 4 heterocycles. The van der Waals surface area contributed by atoms with E-state index in [1.807, 2.05) is 0 Å². The predicted octanol–water partition coefficient (Wildman–Crippen LogP) is 3.89. The predicted molar refractivity (Wildman–Crippen MR) is 107 cm³/mol. The summed E-state index contributed by atoms with van der Waals surface area (Å²) in [6.45, 7) is 4.42. The van der Waals surface area contributed by atoms with Crippen LogP contribution in [0.2, 0.25) is 0 Å². The Morgan fingerprint density at radius 1 is 0.926 bits per heavy atom. The van der Waals surface area contributed by atoms with E-state index in [1.165, 1.54) is 42.6 Å². The summed E-state index contributed by atoms with van der Waals surface area (Å²) in [7, 11) is 0. The number of hydrogen-bond donors (Lipinski definition) is 0. The van der Waals surface area contributed by atoms with Crippen molar-refractivity contribution in [3.05, 3.63) is 71.3 Å². The minimum atomic E-state index is 0.0599. The zero-order valence-electron chi connectivity index (χ0n) is 15.9. The summed E-state index contributed by atoms with van der Waals surface area (Å²) in [5, 5.41) is 0. The third-order valence-electron chi connectivity index (χ3n) is 6.95. The van der Waals surface area contributed by atoms with Crippen LogP contribution in [0.25, 0.3) is 0 Å². The molecule has 2 aromatic rings. The van der Waals surface area contributed by atoms with Crippen LogP contribution in [0.15, 0.2) is 54.6 Å². The summed E-state index contributed by atoms with van der Waals surface area (Å²) >= 11 is 0. The van der Waals surface area contributed by atoms with Crippen molar-refractivity contribution >= 4 is 5.91 Å². The van der Waals surface area contributed by atoms with Gasteiger partial charge in [0, 0.05) is 19.5 Å². The molecule has 4 aliphatic rings. The van der Waals surface area contributed by atoms with Gasteiger partial charge in [0.15, 0.2) is 0 Å². The Labute approximate surface area is 162 Å². The highest BCUT2D eigenvalue weighted by molar-refractivity contribution is 5.78. The number of carbonyl (C=O) groups is 1. The number of hydrogen-bond acceptors (Lipinski definition) is 2.